The third-order valence-corrected chi connectivity index (χ3v) is 8.89. The molecule has 2 saturated heterocycles. The van der Waals surface area contributed by atoms with Gasteiger partial charge in [-0.05, 0) is 93.8 Å². The molecule has 5 rings (SSSR count). The first-order valence-electron chi connectivity index (χ1n) is 12.4. The van der Waals surface area contributed by atoms with Crippen molar-refractivity contribution in [2.24, 2.45) is 5.92 Å². The molecule has 5 unspecified atom stereocenters. The summed E-state index contributed by atoms with van der Waals surface area (Å²) in [7, 11) is 0. The predicted molar refractivity (Wildman–Crippen MR) is 129 cm³/mol. The number of carbonyl (C=O) groups excluding carboxylic acids is 1. The van der Waals surface area contributed by atoms with Gasteiger partial charge in [-0.25, -0.2) is 0 Å². The maximum Gasteiger partial charge on any atom is 0.220 e. The second kappa shape index (κ2) is 8.44. The summed E-state index contributed by atoms with van der Waals surface area (Å²) in [6.45, 7) is 6.08. The number of piperidine rings is 1. The number of aliphatic hydroxyl groups is 1. The van der Waals surface area contributed by atoms with E-state index in [1.807, 2.05) is 18.2 Å². The van der Waals surface area contributed by atoms with Crippen LogP contribution in [0.25, 0.3) is 0 Å². The zero-order chi connectivity index (χ0) is 23.2. The fourth-order valence-electron chi connectivity index (χ4n) is 7.10. The number of hydrogen-bond donors (Lipinski definition) is 3. The van der Waals surface area contributed by atoms with Crippen LogP contribution in [-0.2, 0) is 16.6 Å². The molecule has 5 atom stereocenters. The van der Waals surface area contributed by atoms with E-state index in [1.165, 1.54) is 5.56 Å². The Labute approximate surface area is 196 Å². The molecule has 1 amide bonds. The number of aromatic hydroxyl groups is 1. The third kappa shape index (κ3) is 3.75. The minimum Gasteiger partial charge on any atom is -0.508 e. The minimum absolute atomic E-state index is 0.0274. The van der Waals surface area contributed by atoms with E-state index in [0.29, 0.717) is 12.8 Å². The van der Waals surface area contributed by atoms with Gasteiger partial charge in [-0.3, -0.25) is 9.69 Å². The van der Waals surface area contributed by atoms with Crippen LogP contribution in [0.2, 0.25) is 0 Å². The standard InChI is InChI=1S/C28H36N2O3/c1-19-10-11-23(31)16-24(19)27-12-14-30(13-6-9-21-7-4-3-5-8-21)20(2)28(27,33)17-22-15-26(32)29-25(22)18-27/h3-5,7-8,10-11,16,20,22,25,31,33H,6,9,12-15,17-18H2,1-2H3,(H,29,32). The Balaban J connectivity index is 1.45. The smallest absolute Gasteiger partial charge is 0.220 e. The second-order valence-electron chi connectivity index (χ2n) is 10.6. The van der Waals surface area contributed by atoms with Crippen LogP contribution in [0.3, 0.4) is 0 Å². The molecule has 3 fully saturated rings. The quantitative estimate of drug-likeness (QED) is 0.652. The van der Waals surface area contributed by atoms with Crippen LogP contribution in [0.15, 0.2) is 48.5 Å². The van der Waals surface area contributed by atoms with E-state index in [4.69, 9.17) is 0 Å². The molecule has 5 heteroatoms. The van der Waals surface area contributed by atoms with Crippen LogP contribution >= 0.6 is 0 Å². The molecule has 5 nitrogen and oxygen atoms in total. The zero-order valence-electron chi connectivity index (χ0n) is 19.8. The maximum atomic E-state index is 12.5. The van der Waals surface area contributed by atoms with Gasteiger partial charge in [0.25, 0.3) is 0 Å². The first kappa shape index (κ1) is 22.4. The molecule has 0 spiro atoms. The summed E-state index contributed by atoms with van der Waals surface area (Å²) in [4.78, 5) is 14.7. The molecular formula is C28H36N2O3. The Bertz CT molecular complexity index is 1030. The maximum absolute atomic E-state index is 12.5. The fourth-order valence-corrected chi connectivity index (χ4v) is 7.10. The molecule has 2 heterocycles. The number of nitrogens with one attached hydrogen (secondary N) is 1. The number of phenols is 1. The highest BCUT2D eigenvalue weighted by Crippen LogP contribution is 2.57. The van der Waals surface area contributed by atoms with Crippen molar-refractivity contribution in [2.75, 3.05) is 13.1 Å². The fraction of sp³-hybridized carbons (Fsp3) is 0.536. The van der Waals surface area contributed by atoms with Crippen molar-refractivity contribution in [1.82, 2.24) is 10.2 Å². The van der Waals surface area contributed by atoms with Gasteiger partial charge in [0, 0.05) is 23.9 Å². The summed E-state index contributed by atoms with van der Waals surface area (Å²) < 4.78 is 0. The highest BCUT2D eigenvalue weighted by atomic mass is 16.3. The van der Waals surface area contributed by atoms with E-state index in [2.05, 4.69) is 48.3 Å². The van der Waals surface area contributed by atoms with E-state index in [-0.39, 0.29) is 29.7 Å². The highest BCUT2D eigenvalue weighted by Gasteiger charge is 2.64. The molecule has 0 bridgehead atoms. The minimum atomic E-state index is -0.954. The largest absolute Gasteiger partial charge is 0.508 e. The SMILES string of the molecule is Cc1ccc(O)cc1C12CCN(CCCc3ccccc3)C(C)C1(O)CC1CC(=O)NC1C2. The van der Waals surface area contributed by atoms with Crippen molar-refractivity contribution in [2.45, 2.75) is 75.5 Å². The first-order valence-corrected chi connectivity index (χ1v) is 12.4. The number of phenolic OH excluding ortho intramolecular Hbond substituents is 1. The van der Waals surface area contributed by atoms with E-state index >= 15 is 0 Å². The van der Waals surface area contributed by atoms with Crippen LogP contribution < -0.4 is 5.32 Å². The molecule has 2 aromatic rings. The van der Waals surface area contributed by atoms with Crippen molar-refractivity contribution in [3.63, 3.8) is 0 Å². The van der Waals surface area contributed by atoms with Crippen LogP contribution in [0.1, 0.15) is 55.7 Å². The van der Waals surface area contributed by atoms with Gasteiger partial charge in [0.1, 0.15) is 5.75 Å². The van der Waals surface area contributed by atoms with Crippen LogP contribution in [0.4, 0.5) is 0 Å². The van der Waals surface area contributed by atoms with Crippen LogP contribution in [0, 0.1) is 12.8 Å². The molecule has 3 N–H and O–H groups in total. The van der Waals surface area contributed by atoms with Crippen LogP contribution in [0.5, 0.6) is 5.75 Å². The summed E-state index contributed by atoms with van der Waals surface area (Å²) in [5, 5.41) is 26.1. The molecule has 0 aromatic heterocycles. The number of rotatable bonds is 5. The topological polar surface area (TPSA) is 72.8 Å². The van der Waals surface area contributed by atoms with Gasteiger partial charge in [0.05, 0.1) is 5.60 Å². The summed E-state index contributed by atoms with van der Waals surface area (Å²) in [5.74, 6) is 0.505. The van der Waals surface area contributed by atoms with Gasteiger partial charge >= 0.3 is 0 Å². The molecule has 176 valence electrons. The van der Waals surface area contributed by atoms with E-state index in [9.17, 15) is 15.0 Å². The van der Waals surface area contributed by atoms with E-state index < -0.39 is 11.0 Å². The van der Waals surface area contributed by atoms with Gasteiger partial charge in [-0.2, -0.15) is 0 Å². The van der Waals surface area contributed by atoms with Crippen molar-refractivity contribution in [3.8, 4) is 5.75 Å². The van der Waals surface area contributed by atoms with Crippen molar-refractivity contribution in [1.29, 1.82) is 0 Å². The number of nitrogens with zero attached hydrogens (tertiary/aromatic N) is 1. The Morgan fingerprint density at radius 3 is 2.73 bits per heavy atom. The van der Waals surface area contributed by atoms with Gasteiger partial charge in [0.2, 0.25) is 5.91 Å². The number of amides is 1. The number of benzene rings is 2. The van der Waals surface area contributed by atoms with Crippen molar-refractivity contribution >= 4 is 5.91 Å². The zero-order valence-corrected chi connectivity index (χ0v) is 19.8. The number of hydrogen-bond acceptors (Lipinski definition) is 4. The molecule has 0 radical (unpaired) electrons. The summed E-state index contributed by atoms with van der Waals surface area (Å²) in [6.07, 6.45) is 4.75. The van der Waals surface area contributed by atoms with Crippen molar-refractivity contribution in [3.05, 3.63) is 65.2 Å². The summed E-state index contributed by atoms with van der Waals surface area (Å²) in [6, 6.07) is 16.2. The van der Waals surface area contributed by atoms with Gasteiger partial charge in [-0.15, -0.1) is 0 Å². The summed E-state index contributed by atoms with van der Waals surface area (Å²) >= 11 is 0. The van der Waals surface area contributed by atoms with Gasteiger partial charge in [-0.1, -0.05) is 36.4 Å². The number of fused-ring (bicyclic) bond motifs is 2. The molecule has 2 aliphatic heterocycles. The van der Waals surface area contributed by atoms with Gasteiger partial charge < -0.3 is 15.5 Å². The predicted octanol–water partition coefficient (Wildman–Crippen LogP) is 3.70. The first-order chi connectivity index (χ1) is 15.8. The lowest BCUT2D eigenvalue weighted by atomic mass is 9.50. The second-order valence-corrected chi connectivity index (χ2v) is 10.6. The average Bonchev–Trinajstić information content (AvgIpc) is 3.15. The number of likely N-dealkylation sites (tertiary alicyclic amines) is 1. The molecule has 33 heavy (non-hydrogen) atoms. The molecule has 1 aliphatic carbocycles. The Hall–Kier alpha value is -2.37. The van der Waals surface area contributed by atoms with E-state index in [1.54, 1.807) is 6.07 Å². The molecular weight excluding hydrogens is 412 g/mol. The van der Waals surface area contributed by atoms with Crippen molar-refractivity contribution < 1.29 is 15.0 Å². The lowest BCUT2D eigenvalue weighted by Crippen LogP contribution is -2.71. The lowest BCUT2D eigenvalue weighted by Gasteiger charge is -2.62. The Kier molecular flexibility index (Phi) is 5.74. The molecule has 3 aliphatic rings. The average molecular weight is 449 g/mol. The monoisotopic (exact) mass is 448 g/mol. The Morgan fingerprint density at radius 1 is 1.15 bits per heavy atom. The third-order valence-electron chi connectivity index (χ3n) is 8.89. The van der Waals surface area contributed by atoms with E-state index in [0.717, 1.165) is 49.9 Å². The lowest BCUT2D eigenvalue weighted by molar-refractivity contribution is -0.167. The Morgan fingerprint density at radius 2 is 1.94 bits per heavy atom. The normalized spacial score (nSPS) is 33.9. The highest BCUT2D eigenvalue weighted by molar-refractivity contribution is 5.79. The van der Waals surface area contributed by atoms with Gasteiger partial charge in [0.15, 0.2) is 0 Å². The van der Waals surface area contributed by atoms with Crippen LogP contribution in [-0.4, -0.2) is 51.8 Å². The number of carbonyl (C=O) groups is 1. The molecule has 2 aromatic carbocycles. The number of aryl methyl sites for hydroxylation is 2. The molecule has 1 saturated carbocycles. The summed E-state index contributed by atoms with van der Waals surface area (Å²) in [5.41, 5.74) is 2.05.